The predicted octanol–water partition coefficient (Wildman–Crippen LogP) is 4.69. The van der Waals surface area contributed by atoms with E-state index in [0.717, 1.165) is 48.2 Å². The fourth-order valence-corrected chi connectivity index (χ4v) is 4.35. The Bertz CT molecular complexity index is 1150. The van der Waals surface area contributed by atoms with Gasteiger partial charge in [-0.05, 0) is 47.8 Å². The molecular formula is C24H22N4O2S. The number of anilines is 2. The van der Waals surface area contributed by atoms with Gasteiger partial charge in [-0.15, -0.1) is 11.3 Å². The number of carbonyl (C=O) groups excluding carboxylic acids is 1. The summed E-state index contributed by atoms with van der Waals surface area (Å²) in [6, 6.07) is 21.7. The Kier molecular flexibility index (Phi) is 5.52. The van der Waals surface area contributed by atoms with Crippen molar-refractivity contribution in [3.8, 4) is 16.3 Å². The van der Waals surface area contributed by atoms with E-state index in [-0.39, 0.29) is 5.91 Å². The van der Waals surface area contributed by atoms with Gasteiger partial charge in [0.15, 0.2) is 0 Å². The van der Waals surface area contributed by atoms with Crippen molar-refractivity contribution in [1.82, 2.24) is 9.78 Å². The van der Waals surface area contributed by atoms with Crippen molar-refractivity contribution in [2.75, 3.05) is 36.5 Å². The lowest BCUT2D eigenvalue weighted by Gasteiger charge is -2.28. The van der Waals surface area contributed by atoms with Gasteiger partial charge in [-0.1, -0.05) is 24.3 Å². The third-order valence-electron chi connectivity index (χ3n) is 5.24. The van der Waals surface area contributed by atoms with E-state index in [4.69, 9.17) is 9.84 Å². The number of carbonyl (C=O) groups is 1. The first kappa shape index (κ1) is 19.5. The second-order valence-electron chi connectivity index (χ2n) is 7.25. The van der Waals surface area contributed by atoms with Crippen LogP contribution in [0.25, 0.3) is 16.3 Å². The third kappa shape index (κ3) is 4.23. The van der Waals surface area contributed by atoms with Crippen LogP contribution in [0.2, 0.25) is 0 Å². The van der Waals surface area contributed by atoms with Crippen LogP contribution in [0.15, 0.2) is 78.3 Å². The number of morpholine rings is 1. The van der Waals surface area contributed by atoms with Crippen molar-refractivity contribution in [1.29, 1.82) is 0 Å². The maximum absolute atomic E-state index is 13.2. The Labute approximate surface area is 184 Å². The molecule has 5 rings (SSSR count). The van der Waals surface area contributed by atoms with E-state index < -0.39 is 0 Å². The second-order valence-corrected chi connectivity index (χ2v) is 8.20. The molecule has 0 bridgehead atoms. The zero-order valence-corrected chi connectivity index (χ0v) is 17.7. The summed E-state index contributed by atoms with van der Waals surface area (Å²) in [5.41, 5.74) is 4.03. The Morgan fingerprint density at radius 3 is 2.42 bits per heavy atom. The first-order valence-corrected chi connectivity index (χ1v) is 11.1. The molecule has 4 aromatic rings. The standard InChI is InChI=1S/C24H22N4O2S/c29-24(25-18-8-10-19(11-9-18)27-12-14-30-15-13-27)21-17-28(20-5-2-1-3-6-20)26-23(21)22-7-4-16-31-22/h1-11,16-17H,12-15H2,(H,25,29). The summed E-state index contributed by atoms with van der Waals surface area (Å²) in [6.45, 7) is 3.26. The van der Waals surface area contributed by atoms with Gasteiger partial charge in [-0.3, -0.25) is 4.79 Å². The van der Waals surface area contributed by atoms with Gasteiger partial charge in [-0.25, -0.2) is 4.68 Å². The molecule has 0 radical (unpaired) electrons. The highest BCUT2D eigenvalue weighted by Gasteiger charge is 2.20. The zero-order valence-electron chi connectivity index (χ0n) is 16.9. The van der Waals surface area contributed by atoms with Crippen molar-refractivity contribution in [2.24, 2.45) is 0 Å². The minimum atomic E-state index is -0.176. The molecule has 1 amide bonds. The number of benzene rings is 2. The Morgan fingerprint density at radius 1 is 0.935 bits per heavy atom. The number of nitrogens with one attached hydrogen (secondary N) is 1. The predicted molar refractivity (Wildman–Crippen MR) is 124 cm³/mol. The maximum atomic E-state index is 13.2. The van der Waals surface area contributed by atoms with E-state index in [2.05, 4.69) is 10.2 Å². The number of para-hydroxylation sites is 1. The molecule has 3 heterocycles. The van der Waals surface area contributed by atoms with Gasteiger partial charge >= 0.3 is 0 Å². The number of hydrogen-bond acceptors (Lipinski definition) is 5. The number of ether oxygens (including phenoxy) is 1. The molecule has 31 heavy (non-hydrogen) atoms. The molecule has 7 heteroatoms. The van der Waals surface area contributed by atoms with Gasteiger partial charge in [0.2, 0.25) is 0 Å². The fourth-order valence-electron chi connectivity index (χ4n) is 3.62. The summed E-state index contributed by atoms with van der Waals surface area (Å²) < 4.78 is 7.17. The van der Waals surface area contributed by atoms with E-state index >= 15 is 0 Å². The average molecular weight is 431 g/mol. The molecule has 0 saturated carbocycles. The van der Waals surface area contributed by atoms with Gasteiger partial charge in [0.25, 0.3) is 5.91 Å². The fraction of sp³-hybridized carbons (Fsp3) is 0.167. The molecule has 0 spiro atoms. The summed E-state index contributed by atoms with van der Waals surface area (Å²) in [6.07, 6.45) is 1.79. The molecule has 1 aliphatic heterocycles. The van der Waals surface area contributed by atoms with Crippen LogP contribution in [0.3, 0.4) is 0 Å². The molecule has 0 unspecified atom stereocenters. The third-order valence-corrected chi connectivity index (χ3v) is 6.11. The quantitative estimate of drug-likeness (QED) is 0.499. The smallest absolute Gasteiger partial charge is 0.259 e. The molecule has 1 aliphatic rings. The van der Waals surface area contributed by atoms with E-state index in [1.807, 2.05) is 72.1 Å². The second kappa shape index (κ2) is 8.75. The van der Waals surface area contributed by atoms with E-state index in [1.54, 1.807) is 22.2 Å². The highest BCUT2D eigenvalue weighted by Crippen LogP contribution is 2.28. The summed E-state index contributed by atoms with van der Waals surface area (Å²) in [5, 5.41) is 9.72. The molecule has 0 atom stereocenters. The lowest BCUT2D eigenvalue weighted by molar-refractivity contribution is 0.102. The first-order chi connectivity index (χ1) is 15.3. The van der Waals surface area contributed by atoms with Crippen LogP contribution in [0.5, 0.6) is 0 Å². The van der Waals surface area contributed by atoms with Crippen LogP contribution in [0.1, 0.15) is 10.4 Å². The minimum absolute atomic E-state index is 0.176. The number of rotatable bonds is 5. The van der Waals surface area contributed by atoms with Crippen LogP contribution in [0, 0.1) is 0 Å². The van der Waals surface area contributed by atoms with Crippen LogP contribution < -0.4 is 10.2 Å². The van der Waals surface area contributed by atoms with Crippen LogP contribution in [-0.2, 0) is 4.74 Å². The molecule has 1 N–H and O–H groups in total. The first-order valence-electron chi connectivity index (χ1n) is 10.2. The van der Waals surface area contributed by atoms with Crippen LogP contribution in [0.4, 0.5) is 11.4 Å². The van der Waals surface area contributed by atoms with E-state index in [9.17, 15) is 4.79 Å². The van der Waals surface area contributed by atoms with Crippen molar-refractivity contribution in [3.05, 3.63) is 83.9 Å². The molecule has 1 fully saturated rings. The van der Waals surface area contributed by atoms with E-state index in [1.165, 1.54) is 0 Å². The molecule has 156 valence electrons. The average Bonchev–Trinajstić information content (AvgIpc) is 3.51. The summed E-state index contributed by atoms with van der Waals surface area (Å²) in [7, 11) is 0. The molecular weight excluding hydrogens is 408 g/mol. The summed E-state index contributed by atoms with van der Waals surface area (Å²) in [4.78, 5) is 16.4. The van der Waals surface area contributed by atoms with Gasteiger partial charge in [0.1, 0.15) is 5.69 Å². The Morgan fingerprint density at radius 2 is 1.71 bits per heavy atom. The summed E-state index contributed by atoms with van der Waals surface area (Å²) in [5.74, 6) is -0.176. The van der Waals surface area contributed by atoms with Crippen molar-refractivity contribution >= 4 is 28.6 Å². The topological polar surface area (TPSA) is 59.4 Å². The van der Waals surface area contributed by atoms with Crippen molar-refractivity contribution in [3.63, 3.8) is 0 Å². The van der Waals surface area contributed by atoms with Crippen molar-refractivity contribution < 1.29 is 9.53 Å². The number of aromatic nitrogens is 2. The van der Waals surface area contributed by atoms with Gasteiger partial charge < -0.3 is 15.0 Å². The van der Waals surface area contributed by atoms with E-state index in [0.29, 0.717) is 11.3 Å². The largest absolute Gasteiger partial charge is 0.378 e. The van der Waals surface area contributed by atoms with Gasteiger partial charge in [0.05, 0.1) is 29.3 Å². The monoisotopic (exact) mass is 430 g/mol. The highest BCUT2D eigenvalue weighted by atomic mass is 32.1. The normalized spacial score (nSPS) is 13.9. The molecule has 6 nitrogen and oxygen atoms in total. The molecule has 2 aromatic heterocycles. The Balaban J connectivity index is 1.40. The highest BCUT2D eigenvalue weighted by molar-refractivity contribution is 7.13. The minimum Gasteiger partial charge on any atom is -0.378 e. The summed E-state index contributed by atoms with van der Waals surface area (Å²) >= 11 is 1.57. The lowest BCUT2D eigenvalue weighted by atomic mass is 10.2. The van der Waals surface area contributed by atoms with Crippen LogP contribution in [-0.4, -0.2) is 42.0 Å². The molecule has 2 aromatic carbocycles. The van der Waals surface area contributed by atoms with Gasteiger partial charge in [-0.2, -0.15) is 5.10 Å². The number of hydrogen-bond donors (Lipinski definition) is 1. The number of nitrogens with zero attached hydrogens (tertiary/aromatic N) is 3. The van der Waals surface area contributed by atoms with Crippen LogP contribution >= 0.6 is 11.3 Å². The number of amides is 1. The lowest BCUT2D eigenvalue weighted by Crippen LogP contribution is -2.36. The molecule has 1 saturated heterocycles. The Hall–Kier alpha value is -3.42. The maximum Gasteiger partial charge on any atom is 0.259 e. The molecule has 0 aliphatic carbocycles. The number of thiophene rings is 1. The van der Waals surface area contributed by atoms with Crippen molar-refractivity contribution in [2.45, 2.75) is 0 Å². The SMILES string of the molecule is O=C(Nc1ccc(N2CCOCC2)cc1)c1cn(-c2ccccc2)nc1-c1cccs1. The van der Waals surface area contributed by atoms with Gasteiger partial charge in [0, 0.05) is 30.7 Å². The zero-order chi connectivity index (χ0) is 21.0.